The fraction of sp³-hybridized carbons (Fsp3) is 0.286. The summed E-state index contributed by atoms with van der Waals surface area (Å²) in [5, 5.41) is 8.72. The van der Waals surface area contributed by atoms with Crippen molar-refractivity contribution in [1.29, 1.82) is 0 Å². The maximum atomic E-state index is 11.9. The third-order valence-electron chi connectivity index (χ3n) is 2.43. The Balaban J connectivity index is 3.03. The topological polar surface area (TPSA) is 57.6 Å². The number of para-hydroxylation sites is 1. The lowest BCUT2D eigenvalue weighted by Gasteiger charge is -2.21. The van der Waals surface area contributed by atoms with Crippen LogP contribution in [0.15, 0.2) is 24.3 Å². The van der Waals surface area contributed by atoms with Gasteiger partial charge in [0.05, 0.1) is 6.42 Å². The van der Waals surface area contributed by atoms with Crippen LogP contribution in [0.4, 0.5) is 5.69 Å². The van der Waals surface area contributed by atoms with E-state index in [1.54, 1.807) is 13.0 Å². The van der Waals surface area contributed by atoms with Crippen molar-refractivity contribution >= 4 is 17.6 Å². The Bertz CT molecular complexity index is 511. The molecule has 4 heteroatoms. The molecule has 0 bridgehead atoms. The summed E-state index contributed by atoms with van der Waals surface area (Å²) in [6.45, 7) is 3.56. The summed E-state index contributed by atoms with van der Waals surface area (Å²) in [4.78, 5) is 23.9. The zero-order valence-electron chi connectivity index (χ0n) is 10.4. The number of carboxylic acid groups (broad SMARTS) is 1. The molecule has 0 aliphatic heterocycles. The number of benzene rings is 1. The average molecular weight is 245 g/mol. The van der Waals surface area contributed by atoms with Crippen LogP contribution in [0.25, 0.3) is 0 Å². The zero-order valence-corrected chi connectivity index (χ0v) is 10.4. The standard InChI is InChI=1S/C14H15NO3/c1-3-6-13(16)15(10-9-14(17)18)12-8-5-4-7-11(12)2/h4-5,7-8H,9-10H2,1-2H3,(H,17,18). The second-order valence-electron chi connectivity index (χ2n) is 3.76. The van der Waals surface area contributed by atoms with Crippen molar-refractivity contribution in [2.75, 3.05) is 11.4 Å². The second kappa shape index (κ2) is 6.45. The third-order valence-corrected chi connectivity index (χ3v) is 2.43. The van der Waals surface area contributed by atoms with E-state index in [0.29, 0.717) is 5.69 Å². The Labute approximate surface area is 106 Å². The lowest BCUT2D eigenvalue weighted by atomic mass is 10.1. The van der Waals surface area contributed by atoms with E-state index in [2.05, 4.69) is 11.8 Å². The molecule has 0 spiro atoms. The molecule has 0 unspecified atom stereocenters. The lowest BCUT2D eigenvalue weighted by molar-refractivity contribution is -0.136. The molecule has 0 aliphatic rings. The predicted octanol–water partition coefficient (Wildman–Crippen LogP) is 1.83. The highest BCUT2D eigenvalue weighted by atomic mass is 16.4. The summed E-state index contributed by atoms with van der Waals surface area (Å²) in [6, 6.07) is 7.33. The fourth-order valence-corrected chi connectivity index (χ4v) is 1.58. The van der Waals surface area contributed by atoms with Gasteiger partial charge in [-0.15, -0.1) is 0 Å². The Morgan fingerprint density at radius 1 is 1.33 bits per heavy atom. The number of anilines is 1. The number of carbonyl (C=O) groups is 2. The Morgan fingerprint density at radius 3 is 2.56 bits per heavy atom. The number of carbonyl (C=O) groups excluding carboxylic acids is 1. The maximum Gasteiger partial charge on any atom is 0.305 e. The van der Waals surface area contributed by atoms with Crippen molar-refractivity contribution in [2.24, 2.45) is 0 Å². The Morgan fingerprint density at radius 2 is 2.00 bits per heavy atom. The van der Waals surface area contributed by atoms with Gasteiger partial charge in [0.15, 0.2) is 0 Å². The number of amides is 1. The first kappa shape index (κ1) is 13.8. The molecule has 1 N–H and O–H groups in total. The van der Waals surface area contributed by atoms with Gasteiger partial charge in [-0.05, 0) is 31.4 Å². The van der Waals surface area contributed by atoms with Crippen LogP contribution < -0.4 is 4.90 Å². The number of aliphatic carboxylic acids is 1. The van der Waals surface area contributed by atoms with Crippen molar-refractivity contribution in [3.05, 3.63) is 29.8 Å². The lowest BCUT2D eigenvalue weighted by Crippen LogP contribution is -2.32. The highest BCUT2D eigenvalue weighted by Crippen LogP contribution is 2.19. The van der Waals surface area contributed by atoms with Crippen molar-refractivity contribution < 1.29 is 14.7 Å². The van der Waals surface area contributed by atoms with Crippen LogP contribution in [0.1, 0.15) is 18.9 Å². The van der Waals surface area contributed by atoms with Gasteiger partial charge >= 0.3 is 11.9 Å². The summed E-state index contributed by atoms with van der Waals surface area (Å²) >= 11 is 0. The fourth-order valence-electron chi connectivity index (χ4n) is 1.58. The van der Waals surface area contributed by atoms with E-state index in [9.17, 15) is 9.59 Å². The van der Waals surface area contributed by atoms with Gasteiger partial charge in [0.2, 0.25) is 0 Å². The SMILES string of the molecule is CC#CC(=O)N(CCC(=O)O)c1ccccc1C. The smallest absolute Gasteiger partial charge is 0.305 e. The minimum Gasteiger partial charge on any atom is -0.481 e. The molecule has 0 radical (unpaired) electrons. The minimum absolute atomic E-state index is 0.106. The first-order valence-electron chi connectivity index (χ1n) is 5.58. The molecular weight excluding hydrogens is 230 g/mol. The van der Waals surface area contributed by atoms with E-state index in [1.165, 1.54) is 4.90 Å². The minimum atomic E-state index is -0.939. The molecule has 94 valence electrons. The molecule has 4 nitrogen and oxygen atoms in total. The van der Waals surface area contributed by atoms with Crippen molar-refractivity contribution in [2.45, 2.75) is 20.3 Å². The number of hydrogen-bond acceptors (Lipinski definition) is 2. The number of aryl methyl sites for hydroxylation is 1. The van der Waals surface area contributed by atoms with E-state index in [4.69, 9.17) is 5.11 Å². The first-order chi connectivity index (χ1) is 8.56. The van der Waals surface area contributed by atoms with E-state index < -0.39 is 5.97 Å². The number of carboxylic acids is 1. The molecule has 1 aromatic rings. The van der Waals surface area contributed by atoms with Crippen molar-refractivity contribution in [3.63, 3.8) is 0 Å². The summed E-state index contributed by atoms with van der Waals surface area (Å²) in [7, 11) is 0. The molecular formula is C14H15NO3. The van der Waals surface area contributed by atoms with Gasteiger partial charge in [0.25, 0.3) is 0 Å². The van der Waals surface area contributed by atoms with E-state index in [0.717, 1.165) is 5.56 Å². The molecule has 1 rings (SSSR count). The van der Waals surface area contributed by atoms with Gasteiger partial charge in [-0.3, -0.25) is 9.59 Å². The second-order valence-corrected chi connectivity index (χ2v) is 3.76. The first-order valence-corrected chi connectivity index (χ1v) is 5.58. The quantitative estimate of drug-likeness (QED) is 0.823. The van der Waals surface area contributed by atoms with Crippen molar-refractivity contribution in [3.8, 4) is 11.8 Å². The number of rotatable bonds is 4. The van der Waals surface area contributed by atoms with Crippen LogP contribution in [-0.2, 0) is 9.59 Å². The highest BCUT2D eigenvalue weighted by Gasteiger charge is 2.16. The summed E-state index contributed by atoms with van der Waals surface area (Å²) < 4.78 is 0. The third kappa shape index (κ3) is 3.63. The molecule has 0 fully saturated rings. The van der Waals surface area contributed by atoms with Gasteiger partial charge in [0.1, 0.15) is 0 Å². The van der Waals surface area contributed by atoms with Crippen LogP contribution in [0.2, 0.25) is 0 Å². The van der Waals surface area contributed by atoms with E-state index in [-0.39, 0.29) is 18.9 Å². The molecule has 1 amide bonds. The number of nitrogens with zero attached hydrogens (tertiary/aromatic N) is 1. The molecule has 0 aliphatic carbocycles. The molecule has 1 aromatic carbocycles. The van der Waals surface area contributed by atoms with Gasteiger partial charge in [-0.2, -0.15) is 0 Å². The van der Waals surface area contributed by atoms with Gasteiger partial charge < -0.3 is 10.0 Å². The van der Waals surface area contributed by atoms with Crippen LogP contribution in [0.3, 0.4) is 0 Å². The van der Waals surface area contributed by atoms with E-state index in [1.807, 2.05) is 25.1 Å². The number of hydrogen-bond donors (Lipinski definition) is 1. The molecule has 0 aromatic heterocycles. The summed E-state index contributed by atoms with van der Waals surface area (Å²) in [6.07, 6.45) is -0.106. The largest absolute Gasteiger partial charge is 0.481 e. The average Bonchev–Trinajstić information content (AvgIpc) is 2.31. The molecule has 0 heterocycles. The van der Waals surface area contributed by atoms with Gasteiger partial charge in [-0.1, -0.05) is 24.1 Å². The maximum absolute atomic E-state index is 11.9. The molecule has 0 atom stereocenters. The summed E-state index contributed by atoms with van der Waals surface area (Å²) in [5.41, 5.74) is 1.61. The van der Waals surface area contributed by atoms with Crippen molar-refractivity contribution in [1.82, 2.24) is 0 Å². The van der Waals surface area contributed by atoms with E-state index >= 15 is 0 Å². The van der Waals surface area contributed by atoms with Crippen LogP contribution >= 0.6 is 0 Å². The normalized spacial score (nSPS) is 9.22. The Hall–Kier alpha value is -2.28. The van der Waals surface area contributed by atoms with Gasteiger partial charge in [0, 0.05) is 12.2 Å². The van der Waals surface area contributed by atoms with Crippen LogP contribution in [0.5, 0.6) is 0 Å². The molecule has 18 heavy (non-hydrogen) atoms. The zero-order chi connectivity index (χ0) is 13.5. The Kier molecular flexibility index (Phi) is 4.94. The monoisotopic (exact) mass is 245 g/mol. The van der Waals surface area contributed by atoms with Crippen LogP contribution in [-0.4, -0.2) is 23.5 Å². The molecule has 0 saturated carbocycles. The highest BCUT2D eigenvalue weighted by molar-refractivity contribution is 6.06. The van der Waals surface area contributed by atoms with Gasteiger partial charge in [-0.25, -0.2) is 0 Å². The van der Waals surface area contributed by atoms with Crippen LogP contribution in [0, 0.1) is 18.8 Å². The molecule has 0 saturated heterocycles. The predicted molar refractivity (Wildman–Crippen MR) is 69.2 cm³/mol. The summed E-state index contributed by atoms with van der Waals surface area (Å²) in [5.74, 6) is 3.65.